The van der Waals surface area contributed by atoms with Crippen LogP contribution in [0.25, 0.3) is 32.9 Å². The van der Waals surface area contributed by atoms with Crippen molar-refractivity contribution in [2.75, 3.05) is 6.61 Å². The number of aromatic nitrogens is 2. The van der Waals surface area contributed by atoms with Gasteiger partial charge in [-0.15, -0.1) is 0 Å². The highest BCUT2D eigenvalue weighted by Gasteiger charge is 2.33. The zero-order valence-electron chi connectivity index (χ0n) is 23.2. The van der Waals surface area contributed by atoms with Crippen molar-refractivity contribution < 1.29 is 19.4 Å². The van der Waals surface area contributed by atoms with E-state index in [2.05, 4.69) is 12.1 Å². The second kappa shape index (κ2) is 9.91. The molecule has 0 saturated heterocycles. The molecule has 0 bridgehead atoms. The number of hydrogen-bond donors (Lipinski definition) is 1. The molecule has 0 radical (unpaired) electrons. The lowest BCUT2D eigenvalue weighted by molar-refractivity contribution is -0.160. The van der Waals surface area contributed by atoms with Crippen LogP contribution in [0.2, 0.25) is 0 Å². The molecule has 6 heteroatoms. The van der Waals surface area contributed by atoms with Gasteiger partial charge in [-0.3, -0.25) is 9.97 Å². The fourth-order valence-corrected chi connectivity index (χ4v) is 6.38. The van der Waals surface area contributed by atoms with E-state index < -0.39 is 17.7 Å². The number of pyridine rings is 2. The van der Waals surface area contributed by atoms with E-state index in [-0.39, 0.29) is 0 Å². The molecular formula is C33H36N2O4. The molecule has 0 unspecified atom stereocenters. The van der Waals surface area contributed by atoms with E-state index in [1.165, 1.54) is 37.7 Å². The molecular weight excluding hydrogens is 488 g/mol. The topological polar surface area (TPSA) is 81.5 Å². The highest BCUT2D eigenvalue weighted by molar-refractivity contribution is 6.08. The van der Waals surface area contributed by atoms with Gasteiger partial charge in [-0.05, 0) is 87.6 Å². The number of benzene rings is 2. The number of aliphatic carboxylic acids is 1. The van der Waals surface area contributed by atoms with Crippen LogP contribution in [0.1, 0.15) is 87.3 Å². The number of fused-ring (bicyclic) bond motifs is 1. The summed E-state index contributed by atoms with van der Waals surface area (Å²) >= 11 is 0. The van der Waals surface area contributed by atoms with Crippen molar-refractivity contribution in [2.24, 2.45) is 0 Å². The van der Waals surface area contributed by atoms with Gasteiger partial charge in [0.1, 0.15) is 5.75 Å². The summed E-state index contributed by atoms with van der Waals surface area (Å²) in [5.41, 5.74) is 6.56. The van der Waals surface area contributed by atoms with Crippen LogP contribution >= 0.6 is 0 Å². The highest BCUT2D eigenvalue weighted by atomic mass is 16.5. The predicted octanol–water partition coefficient (Wildman–Crippen LogP) is 7.68. The SMILES string of the molecule is Cc1cc2nc(C3CCCCC3)ccc2c(-c2ccc3c4c(ccnc24)CCO3)c1[C@H](OC(C)(C)C)C(=O)O. The number of carbonyl (C=O) groups is 1. The van der Waals surface area contributed by atoms with E-state index in [1.807, 2.05) is 58.2 Å². The number of nitrogens with zero attached hydrogens (tertiary/aromatic N) is 2. The van der Waals surface area contributed by atoms with Crippen LogP contribution in [0.5, 0.6) is 5.75 Å². The number of carboxylic acids is 1. The summed E-state index contributed by atoms with van der Waals surface area (Å²) in [5, 5.41) is 12.4. The monoisotopic (exact) mass is 524 g/mol. The molecule has 6 rings (SSSR count). The molecule has 0 amide bonds. The molecule has 1 saturated carbocycles. The molecule has 3 heterocycles. The fraction of sp³-hybridized carbons (Fsp3) is 0.424. The molecule has 1 aliphatic heterocycles. The van der Waals surface area contributed by atoms with Crippen LogP contribution in [0.4, 0.5) is 0 Å². The van der Waals surface area contributed by atoms with Gasteiger partial charge in [0.2, 0.25) is 0 Å². The predicted molar refractivity (Wildman–Crippen MR) is 153 cm³/mol. The maximum Gasteiger partial charge on any atom is 0.337 e. The minimum absolute atomic E-state index is 0.474. The third-order valence-corrected chi connectivity index (χ3v) is 8.08. The molecule has 2 aromatic carbocycles. The Morgan fingerprint density at radius 1 is 1.10 bits per heavy atom. The molecule has 1 atom stereocenters. The summed E-state index contributed by atoms with van der Waals surface area (Å²) in [6, 6.07) is 12.4. The Morgan fingerprint density at radius 3 is 2.64 bits per heavy atom. The Labute approximate surface area is 229 Å². The average molecular weight is 525 g/mol. The Balaban J connectivity index is 1.66. The van der Waals surface area contributed by atoms with E-state index >= 15 is 0 Å². The third-order valence-electron chi connectivity index (χ3n) is 8.08. The lowest BCUT2D eigenvalue weighted by Crippen LogP contribution is -2.28. The van der Waals surface area contributed by atoms with Crippen molar-refractivity contribution in [3.05, 3.63) is 65.0 Å². The van der Waals surface area contributed by atoms with Crippen molar-refractivity contribution >= 4 is 27.8 Å². The van der Waals surface area contributed by atoms with Gasteiger partial charge in [-0.1, -0.05) is 25.3 Å². The average Bonchev–Trinajstić information content (AvgIpc) is 2.91. The van der Waals surface area contributed by atoms with Gasteiger partial charge in [0.05, 0.1) is 23.2 Å². The molecule has 6 nitrogen and oxygen atoms in total. The van der Waals surface area contributed by atoms with Gasteiger partial charge >= 0.3 is 5.97 Å². The van der Waals surface area contributed by atoms with E-state index in [0.29, 0.717) is 18.1 Å². The van der Waals surface area contributed by atoms with Crippen molar-refractivity contribution in [1.29, 1.82) is 0 Å². The van der Waals surface area contributed by atoms with Crippen LogP contribution in [-0.2, 0) is 16.0 Å². The van der Waals surface area contributed by atoms with E-state index in [4.69, 9.17) is 19.4 Å². The van der Waals surface area contributed by atoms with Gasteiger partial charge in [0.15, 0.2) is 6.10 Å². The van der Waals surface area contributed by atoms with E-state index in [0.717, 1.165) is 56.4 Å². The largest absolute Gasteiger partial charge is 0.493 e. The summed E-state index contributed by atoms with van der Waals surface area (Å²) in [7, 11) is 0. The molecule has 4 aromatic rings. The Hall–Kier alpha value is -3.51. The maximum atomic E-state index is 12.8. The maximum absolute atomic E-state index is 12.8. The quantitative estimate of drug-likeness (QED) is 0.288. The fourth-order valence-electron chi connectivity index (χ4n) is 6.38. The first-order valence-electron chi connectivity index (χ1n) is 14.1. The summed E-state index contributed by atoms with van der Waals surface area (Å²) in [6.45, 7) is 8.27. The lowest BCUT2D eigenvalue weighted by atomic mass is 9.84. The number of aryl methyl sites for hydroxylation is 1. The van der Waals surface area contributed by atoms with Gasteiger partial charge in [0, 0.05) is 46.1 Å². The van der Waals surface area contributed by atoms with Gasteiger partial charge in [-0.25, -0.2) is 4.79 Å². The standard InChI is InChI=1S/C33H36N2O4/c1-19-18-25-22(10-12-24(35-25)20-8-6-5-7-9-20)29(27(19)31(32(36)37)39-33(2,3)4)23-11-13-26-28-21(15-17-38-26)14-16-34-30(23)28/h10-14,16,18,20,31H,5-9,15,17H2,1-4H3,(H,36,37)/t31-/m0/s1. The van der Waals surface area contributed by atoms with Crippen LogP contribution in [0, 0.1) is 6.92 Å². The van der Waals surface area contributed by atoms with Crippen molar-refractivity contribution in [1.82, 2.24) is 9.97 Å². The Kier molecular flexibility index (Phi) is 6.54. The zero-order chi connectivity index (χ0) is 27.3. The first kappa shape index (κ1) is 25.8. The van der Waals surface area contributed by atoms with Gasteiger partial charge in [-0.2, -0.15) is 0 Å². The van der Waals surface area contributed by atoms with Crippen molar-refractivity contribution in [2.45, 2.75) is 83.8 Å². The molecule has 0 spiro atoms. The molecule has 39 heavy (non-hydrogen) atoms. The number of carboxylic acid groups (broad SMARTS) is 1. The van der Waals surface area contributed by atoms with Crippen LogP contribution in [0.15, 0.2) is 42.6 Å². The summed E-state index contributed by atoms with van der Waals surface area (Å²) in [5.74, 6) is 0.279. The molecule has 202 valence electrons. The molecule has 1 aliphatic carbocycles. The minimum Gasteiger partial charge on any atom is -0.493 e. The molecule has 1 fully saturated rings. The Bertz CT molecular complexity index is 1570. The molecule has 2 aromatic heterocycles. The van der Waals surface area contributed by atoms with Gasteiger partial charge in [0.25, 0.3) is 0 Å². The summed E-state index contributed by atoms with van der Waals surface area (Å²) in [6.07, 6.45) is 7.62. The molecule has 1 N–H and O–H groups in total. The Morgan fingerprint density at radius 2 is 1.90 bits per heavy atom. The van der Waals surface area contributed by atoms with E-state index in [1.54, 1.807) is 0 Å². The number of ether oxygens (including phenoxy) is 2. The second-order valence-corrected chi connectivity index (χ2v) is 12.0. The van der Waals surface area contributed by atoms with Crippen LogP contribution in [0.3, 0.4) is 0 Å². The van der Waals surface area contributed by atoms with Crippen LogP contribution in [-0.4, -0.2) is 33.3 Å². The van der Waals surface area contributed by atoms with Crippen molar-refractivity contribution in [3.63, 3.8) is 0 Å². The summed E-state index contributed by atoms with van der Waals surface area (Å²) in [4.78, 5) is 22.8. The highest BCUT2D eigenvalue weighted by Crippen LogP contribution is 2.45. The third kappa shape index (κ3) is 4.76. The minimum atomic E-state index is -1.15. The number of hydrogen-bond acceptors (Lipinski definition) is 5. The second-order valence-electron chi connectivity index (χ2n) is 12.0. The number of rotatable bonds is 5. The van der Waals surface area contributed by atoms with Crippen LogP contribution < -0.4 is 4.74 Å². The van der Waals surface area contributed by atoms with Gasteiger partial charge < -0.3 is 14.6 Å². The first-order valence-corrected chi connectivity index (χ1v) is 14.1. The zero-order valence-corrected chi connectivity index (χ0v) is 23.2. The lowest BCUT2D eigenvalue weighted by Gasteiger charge is -2.29. The molecule has 2 aliphatic rings. The smallest absolute Gasteiger partial charge is 0.337 e. The summed E-state index contributed by atoms with van der Waals surface area (Å²) < 4.78 is 12.2. The van der Waals surface area contributed by atoms with Crippen molar-refractivity contribution in [3.8, 4) is 16.9 Å². The first-order chi connectivity index (χ1) is 18.7. The normalized spacial score (nSPS) is 16.8. The van der Waals surface area contributed by atoms with E-state index in [9.17, 15) is 9.90 Å².